The van der Waals surface area contributed by atoms with E-state index >= 15 is 0 Å². The van der Waals surface area contributed by atoms with Gasteiger partial charge in [-0.2, -0.15) is 0 Å². The third-order valence-electron chi connectivity index (χ3n) is 4.98. The average Bonchev–Trinajstić information content (AvgIpc) is 2.91. The van der Waals surface area contributed by atoms with Crippen LogP contribution in [0.4, 0.5) is 0 Å². The van der Waals surface area contributed by atoms with Gasteiger partial charge in [-0.05, 0) is 53.9 Å². The second kappa shape index (κ2) is 8.93. The van der Waals surface area contributed by atoms with Crippen molar-refractivity contribution in [2.45, 2.75) is 53.5 Å². The number of hydrogen-bond acceptors (Lipinski definition) is 4. The second-order valence-corrected chi connectivity index (χ2v) is 9.23. The van der Waals surface area contributed by atoms with E-state index < -0.39 is 0 Å². The summed E-state index contributed by atoms with van der Waals surface area (Å²) in [6.07, 6.45) is 3.61. The third kappa shape index (κ3) is 5.14. The van der Waals surface area contributed by atoms with Gasteiger partial charge in [0.2, 0.25) is 5.91 Å². The zero-order chi connectivity index (χ0) is 20.2. The van der Waals surface area contributed by atoms with Crippen molar-refractivity contribution in [3.8, 4) is 10.4 Å². The maximum atomic E-state index is 11.5. The van der Waals surface area contributed by atoms with Gasteiger partial charge in [-0.1, -0.05) is 50.9 Å². The van der Waals surface area contributed by atoms with Crippen molar-refractivity contribution in [1.29, 1.82) is 0 Å². The van der Waals surface area contributed by atoms with Crippen molar-refractivity contribution < 1.29 is 14.7 Å². The van der Waals surface area contributed by atoms with Gasteiger partial charge in [-0.3, -0.25) is 13.9 Å². The summed E-state index contributed by atoms with van der Waals surface area (Å²) in [4.78, 5) is 22.8. The van der Waals surface area contributed by atoms with Gasteiger partial charge in [0.1, 0.15) is 0 Å². The van der Waals surface area contributed by atoms with Crippen LogP contribution in [0.1, 0.15) is 48.8 Å². The molecular weight excluding hydrogens is 378 g/mol. The van der Waals surface area contributed by atoms with Crippen LogP contribution in [-0.2, 0) is 29.0 Å². The lowest BCUT2D eigenvalue weighted by Gasteiger charge is -2.29. The molecule has 1 heterocycles. The summed E-state index contributed by atoms with van der Waals surface area (Å²) in [6, 6.07) is 8.39. The van der Waals surface area contributed by atoms with E-state index in [2.05, 4.69) is 51.8 Å². The zero-order valence-corrected chi connectivity index (χ0v) is 18.0. The molecule has 0 bridgehead atoms. The van der Waals surface area contributed by atoms with Crippen molar-refractivity contribution in [3.05, 3.63) is 45.8 Å². The highest BCUT2D eigenvalue weighted by Crippen LogP contribution is 2.45. The number of carbonyl (C=O) groups is 2. The molecule has 0 unspecified atom stereocenters. The van der Waals surface area contributed by atoms with E-state index in [0.29, 0.717) is 12.0 Å². The summed E-state index contributed by atoms with van der Waals surface area (Å²) < 4.78 is 1.48. The third-order valence-corrected chi connectivity index (χ3v) is 6.84. The lowest BCUT2D eigenvalue weighted by molar-refractivity contribution is -0.124. The molecule has 3 rings (SSSR count). The molecule has 1 amide bonds. The summed E-state index contributed by atoms with van der Waals surface area (Å²) in [5.41, 5.74) is 5.77. The van der Waals surface area contributed by atoms with Crippen LogP contribution in [0.5, 0.6) is 0 Å². The number of carboxylic acid groups (broad SMARTS) is 1. The first-order valence-electron chi connectivity index (χ1n) is 8.94. The molecule has 1 aromatic heterocycles. The Morgan fingerprint density at radius 1 is 1.37 bits per heavy atom. The Bertz CT molecular complexity index is 827. The molecule has 2 aromatic rings. The summed E-state index contributed by atoms with van der Waals surface area (Å²) in [5, 5.41) is 6.89. The molecule has 0 saturated heterocycles. The Hall–Kier alpha value is -1.79. The minimum atomic E-state index is -0.250. The van der Waals surface area contributed by atoms with Crippen LogP contribution in [0.3, 0.4) is 0 Å². The van der Waals surface area contributed by atoms with Gasteiger partial charge >= 0.3 is 0 Å². The molecule has 27 heavy (non-hydrogen) atoms. The lowest BCUT2D eigenvalue weighted by atomic mass is 9.76. The maximum Gasteiger partial charge on any atom is 0.290 e. The monoisotopic (exact) mass is 405 g/mol. The summed E-state index contributed by atoms with van der Waals surface area (Å²) >= 11 is 6.24. The molecule has 1 aliphatic rings. The van der Waals surface area contributed by atoms with Gasteiger partial charge in [0.15, 0.2) is 0 Å². The topological polar surface area (TPSA) is 57.6 Å². The van der Waals surface area contributed by atoms with E-state index in [0.717, 1.165) is 5.56 Å². The summed E-state index contributed by atoms with van der Waals surface area (Å²) in [5.74, 6) is -0.0305. The Kier molecular flexibility index (Phi) is 7.12. The Morgan fingerprint density at radius 2 is 2.00 bits per heavy atom. The highest BCUT2D eigenvalue weighted by Gasteiger charge is 2.29. The maximum absolute atomic E-state index is 11.5. The lowest BCUT2D eigenvalue weighted by Crippen LogP contribution is -2.21. The quantitative estimate of drug-likeness (QED) is 0.550. The van der Waals surface area contributed by atoms with Gasteiger partial charge in [-0.15, -0.1) is 11.3 Å². The molecule has 0 saturated carbocycles. The standard InChI is InChI=1S/C20H25NOS2.CH2O2/c1-13-17-11-20(3,4)10-9-18(17)24-19(13)16-8-6-5-7-15(16)12-21(23)14(2)22;2-1-3/h5-8,23H,9-12H2,1-4H3;1H,(H,2,3). The predicted octanol–water partition coefficient (Wildman–Crippen LogP) is 5.13. The van der Waals surface area contributed by atoms with Crippen LogP contribution < -0.4 is 0 Å². The number of fused-ring (bicyclic) bond motifs is 1. The van der Waals surface area contributed by atoms with Crippen molar-refractivity contribution in [3.63, 3.8) is 0 Å². The van der Waals surface area contributed by atoms with Gasteiger partial charge < -0.3 is 5.11 Å². The molecule has 0 fully saturated rings. The molecule has 1 N–H and O–H groups in total. The van der Waals surface area contributed by atoms with Crippen molar-refractivity contribution in [2.24, 2.45) is 5.41 Å². The minimum absolute atomic E-state index is 0.0305. The van der Waals surface area contributed by atoms with E-state index in [1.165, 1.54) is 39.6 Å². The van der Waals surface area contributed by atoms with E-state index in [4.69, 9.17) is 9.90 Å². The molecule has 0 aliphatic heterocycles. The van der Waals surface area contributed by atoms with E-state index in [-0.39, 0.29) is 12.4 Å². The van der Waals surface area contributed by atoms with Crippen LogP contribution in [-0.4, -0.2) is 21.8 Å². The molecule has 146 valence electrons. The SMILES string of the molecule is CC(=O)N(S)Cc1ccccc1-c1sc2c(c1C)CC(C)(C)CC2.O=CO. The highest BCUT2D eigenvalue weighted by atomic mass is 32.1. The van der Waals surface area contributed by atoms with Gasteiger partial charge in [0.25, 0.3) is 6.47 Å². The number of nitrogens with zero attached hydrogens (tertiary/aromatic N) is 1. The molecule has 0 radical (unpaired) electrons. The van der Waals surface area contributed by atoms with E-state index in [1.54, 1.807) is 17.4 Å². The van der Waals surface area contributed by atoms with Crippen LogP contribution in [0.2, 0.25) is 0 Å². The van der Waals surface area contributed by atoms with Crippen LogP contribution in [0, 0.1) is 12.3 Å². The van der Waals surface area contributed by atoms with Crippen molar-refractivity contribution in [2.75, 3.05) is 0 Å². The smallest absolute Gasteiger partial charge is 0.290 e. The molecule has 0 atom stereocenters. The molecule has 1 aliphatic carbocycles. The Morgan fingerprint density at radius 3 is 2.63 bits per heavy atom. The van der Waals surface area contributed by atoms with Crippen LogP contribution in [0.15, 0.2) is 24.3 Å². The number of carbonyl (C=O) groups excluding carboxylic acids is 1. The van der Waals surface area contributed by atoms with E-state index in [9.17, 15) is 4.79 Å². The van der Waals surface area contributed by atoms with Crippen LogP contribution >= 0.6 is 24.2 Å². The fourth-order valence-electron chi connectivity index (χ4n) is 3.47. The fraction of sp³-hybridized carbons (Fsp3) is 0.429. The summed E-state index contributed by atoms with van der Waals surface area (Å²) in [7, 11) is 0. The number of rotatable bonds is 3. The largest absolute Gasteiger partial charge is 0.483 e. The molecule has 0 spiro atoms. The molecule has 1 aromatic carbocycles. The molecule has 6 heteroatoms. The van der Waals surface area contributed by atoms with Crippen LogP contribution in [0.25, 0.3) is 10.4 Å². The highest BCUT2D eigenvalue weighted by molar-refractivity contribution is 7.78. The normalized spacial score (nSPS) is 14.6. The number of aryl methyl sites for hydroxylation is 1. The van der Waals surface area contributed by atoms with Gasteiger partial charge in [0, 0.05) is 16.7 Å². The summed E-state index contributed by atoms with van der Waals surface area (Å²) in [6.45, 7) is 8.82. The second-order valence-electron chi connectivity index (χ2n) is 7.64. The average molecular weight is 406 g/mol. The molecule has 4 nitrogen and oxygen atoms in total. The van der Waals surface area contributed by atoms with Gasteiger partial charge in [0.05, 0.1) is 6.54 Å². The molecular formula is C21H27NO3S2. The Labute approximate surface area is 170 Å². The minimum Gasteiger partial charge on any atom is -0.483 e. The number of thiophene rings is 1. The fourth-order valence-corrected chi connectivity index (χ4v) is 5.01. The zero-order valence-electron chi connectivity index (χ0n) is 16.3. The van der Waals surface area contributed by atoms with Crippen molar-refractivity contribution >= 4 is 36.5 Å². The van der Waals surface area contributed by atoms with E-state index in [1.807, 2.05) is 17.4 Å². The van der Waals surface area contributed by atoms with Gasteiger partial charge in [-0.25, -0.2) is 0 Å². The first-order valence-corrected chi connectivity index (χ1v) is 10.2. The number of amides is 1. The Balaban J connectivity index is 0.000000817. The predicted molar refractivity (Wildman–Crippen MR) is 114 cm³/mol. The van der Waals surface area contributed by atoms with Crippen molar-refractivity contribution in [1.82, 2.24) is 4.31 Å². The first kappa shape index (κ1) is 21.5. The number of benzene rings is 1. The number of thiol groups is 1. The number of hydrogen-bond donors (Lipinski definition) is 2. The first-order chi connectivity index (χ1) is 12.7.